The summed E-state index contributed by atoms with van der Waals surface area (Å²) in [5.41, 5.74) is 9.75. The van der Waals surface area contributed by atoms with Crippen molar-refractivity contribution in [2.75, 3.05) is 10.6 Å². The van der Waals surface area contributed by atoms with Crippen molar-refractivity contribution in [2.45, 2.75) is 58.4 Å². The smallest absolute Gasteiger partial charge is 0.153 e. The minimum Gasteiger partial charge on any atom is -0.362 e. The first-order valence-corrected chi connectivity index (χ1v) is 14.0. The molecule has 5 rings (SSSR count). The second kappa shape index (κ2) is 12.3. The standard InChI is InChI=1S/C33H35ClN4/c1-3-5-24-8-10-25(11-9-24)22-31(27-6-4-7-27)38-30-18-14-28(15-19-30)32-33(36-21-20-35-32)37-23(2)26-12-16-29(34)17-13-26/h8-21,23,38H,3-7,22H2,1-2H3,(H,36,37)/t23-/m0/s1. The molecule has 0 amide bonds. The van der Waals surface area contributed by atoms with Crippen molar-refractivity contribution in [1.29, 1.82) is 0 Å². The molecule has 0 aliphatic heterocycles. The van der Waals surface area contributed by atoms with E-state index < -0.39 is 0 Å². The van der Waals surface area contributed by atoms with Crippen LogP contribution in [0.4, 0.5) is 11.5 Å². The van der Waals surface area contributed by atoms with Crippen molar-refractivity contribution in [1.82, 2.24) is 9.97 Å². The zero-order chi connectivity index (χ0) is 26.3. The van der Waals surface area contributed by atoms with Gasteiger partial charge in [0, 0.05) is 40.8 Å². The van der Waals surface area contributed by atoms with E-state index in [4.69, 9.17) is 11.6 Å². The van der Waals surface area contributed by atoms with E-state index in [1.807, 2.05) is 24.3 Å². The third kappa shape index (κ3) is 6.43. The lowest BCUT2D eigenvalue weighted by Gasteiger charge is -2.24. The third-order valence-electron chi connectivity index (χ3n) is 7.20. The molecule has 1 aromatic heterocycles. The van der Waals surface area contributed by atoms with E-state index in [2.05, 4.69) is 83.0 Å². The minimum atomic E-state index is 0.0661. The van der Waals surface area contributed by atoms with E-state index in [0.717, 1.165) is 46.2 Å². The van der Waals surface area contributed by atoms with Gasteiger partial charge in [-0.15, -0.1) is 0 Å². The number of hydrogen-bond donors (Lipinski definition) is 2. The predicted octanol–water partition coefficient (Wildman–Crippen LogP) is 9.02. The molecule has 0 bridgehead atoms. The SMILES string of the molecule is CCCc1ccc(CC(Nc2ccc(-c3nccnc3N[C@@H](C)c3ccc(Cl)cc3)cc2)=C2CCC2)cc1. The van der Waals surface area contributed by atoms with E-state index in [-0.39, 0.29) is 6.04 Å². The molecule has 4 nitrogen and oxygen atoms in total. The van der Waals surface area contributed by atoms with Crippen molar-refractivity contribution < 1.29 is 0 Å². The lowest BCUT2D eigenvalue weighted by atomic mass is 9.88. The number of aryl methyl sites for hydroxylation is 1. The number of anilines is 2. The first kappa shape index (κ1) is 26.0. The largest absolute Gasteiger partial charge is 0.362 e. The van der Waals surface area contributed by atoms with E-state index >= 15 is 0 Å². The second-order valence-electron chi connectivity index (χ2n) is 10.1. The fourth-order valence-electron chi connectivity index (χ4n) is 4.81. The molecule has 3 aromatic carbocycles. The molecule has 0 spiro atoms. The summed E-state index contributed by atoms with van der Waals surface area (Å²) in [5, 5.41) is 7.99. The van der Waals surface area contributed by atoms with Crippen LogP contribution in [0.25, 0.3) is 11.3 Å². The van der Waals surface area contributed by atoms with Crippen LogP contribution in [0.2, 0.25) is 5.02 Å². The maximum atomic E-state index is 6.06. The van der Waals surface area contributed by atoms with Crippen LogP contribution in [0.5, 0.6) is 0 Å². The Hall–Kier alpha value is -3.63. The van der Waals surface area contributed by atoms with Gasteiger partial charge < -0.3 is 10.6 Å². The molecule has 1 atom stereocenters. The van der Waals surface area contributed by atoms with Crippen LogP contribution in [0.15, 0.2) is 96.5 Å². The number of hydrogen-bond acceptors (Lipinski definition) is 4. The number of nitrogens with one attached hydrogen (secondary N) is 2. The predicted molar refractivity (Wildman–Crippen MR) is 160 cm³/mol. The maximum Gasteiger partial charge on any atom is 0.153 e. The number of halogens is 1. The molecule has 2 N–H and O–H groups in total. The van der Waals surface area contributed by atoms with Crippen molar-refractivity contribution in [3.8, 4) is 11.3 Å². The van der Waals surface area contributed by atoms with Gasteiger partial charge in [-0.2, -0.15) is 0 Å². The minimum absolute atomic E-state index is 0.0661. The molecular weight excluding hydrogens is 488 g/mol. The van der Waals surface area contributed by atoms with E-state index in [9.17, 15) is 0 Å². The fourth-order valence-corrected chi connectivity index (χ4v) is 4.94. The van der Waals surface area contributed by atoms with Crippen LogP contribution in [-0.2, 0) is 12.8 Å². The fraction of sp³-hybridized carbons (Fsp3) is 0.273. The molecule has 5 heteroatoms. The van der Waals surface area contributed by atoms with Crippen molar-refractivity contribution in [3.05, 3.63) is 118 Å². The Labute approximate surface area is 231 Å². The van der Waals surface area contributed by atoms with Gasteiger partial charge in [-0.25, -0.2) is 4.98 Å². The highest BCUT2D eigenvalue weighted by Gasteiger charge is 2.16. The molecule has 1 fully saturated rings. The van der Waals surface area contributed by atoms with Crippen LogP contribution in [0, 0.1) is 0 Å². The Kier molecular flexibility index (Phi) is 8.40. The van der Waals surface area contributed by atoms with Crippen LogP contribution < -0.4 is 10.6 Å². The molecular formula is C33H35ClN4. The summed E-state index contributed by atoms with van der Waals surface area (Å²) in [6.07, 6.45) is 10.4. The van der Waals surface area contributed by atoms with Crippen LogP contribution in [-0.4, -0.2) is 9.97 Å². The van der Waals surface area contributed by atoms with Crippen molar-refractivity contribution >= 4 is 23.1 Å². The Bertz CT molecular complexity index is 1370. The van der Waals surface area contributed by atoms with Gasteiger partial charge in [0.05, 0.1) is 6.04 Å². The van der Waals surface area contributed by atoms with E-state index in [1.165, 1.54) is 42.5 Å². The summed E-state index contributed by atoms with van der Waals surface area (Å²) < 4.78 is 0. The van der Waals surface area contributed by atoms with Gasteiger partial charge in [-0.05, 0) is 73.6 Å². The molecule has 1 aliphatic carbocycles. The molecule has 1 heterocycles. The van der Waals surface area contributed by atoms with Gasteiger partial charge in [0.1, 0.15) is 5.69 Å². The average molecular weight is 523 g/mol. The first-order valence-electron chi connectivity index (χ1n) is 13.6. The van der Waals surface area contributed by atoms with Crippen molar-refractivity contribution in [2.24, 2.45) is 0 Å². The van der Waals surface area contributed by atoms with Gasteiger partial charge in [0.25, 0.3) is 0 Å². The summed E-state index contributed by atoms with van der Waals surface area (Å²) in [6, 6.07) is 25.6. The lowest BCUT2D eigenvalue weighted by molar-refractivity contribution is 0.647. The topological polar surface area (TPSA) is 49.8 Å². The van der Waals surface area contributed by atoms with Crippen LogP contribution in [0.1, 0.15) is 62.3 Å². The number of aromatic nitrogens is 2. The zero-order valence-electron chi connectivity index (χ0n) is 22.2. The van der Waals surface area contributed by atoms with Crippen LogP contribution >= 0.6 is 11.6 Å². The Balaban J connectivity index is 1.30. The molecule has 0 unspecified atom stereocenters. The number of rotatable bonds is 10. The molecule has 38 heavy (non-hydrogen) atoms. The molecule has 1 aliphatic rings. The van der Waals surface area contributed by atoms with Crippen LogP contribution in [0.3, 0.4) is 0 Å². The van der Waals surface area contributed by atoms with Gasteiger partial charge in [-0.3, -0.25) is 4.98 Å². The third-order valence-corrected chi connectivity index (χ3v) is 7.45. The highest BCUT2D eigenvalue weighted by Crippen LogP contribution is 2.32. The molecule has 4 aromatic rings. The lowest BCUT2D eigenvalue weighted by Crippen LogP contribution is -2.12. The molecule has 194 valence electrons. The Morgan fingerprint density at radius 1 is 0.868 bits per heavy atom. The molecule has 0 saturated heterocycles. The molecule has 1 saturated carbocycles. The normalized spacial score (nSPS) is 13.5. The summed E-state index contributed by atoms with van der Waals surface area (Å²) in [7, 11) is 0. The van der Waals surface area contributed by atoms with Gasteiger partial charge >= 0.3 is 0 Å². The number of benzene rings is 3. The van der Waals surface area contributed by atoms with Gasteiger partial charge in [0.2, 0.25) is 0 Å². The van der Waals surface area contributed by atoms with Crippen molar-refractivity contribution in [3.63, 3.8) is 0 Å². The maximum absolute atomic E-state index is 6.06. The highest BCUT2D eigenvalue weighted by atomic mass is 35.5. The summed E-state index contributed by atoms with van der Waals surface area (Å²) in [5.74, 6) is 0.763. The monoisotopic (exact) mass is 522 g/mol. The summed E-state index contributed by atoms with van der Waals surface area (Å²) >= 11 is 6.06. The number of nitrogens with zero attached hydrogens (tertiary/aromatic N) is 2. The van der Waals surface area contributed by atoms with Gasteiger partial charge in [-0.1, -0.05) is 79.0 Å². The first-order chi connectivity index (χ1) is 18.6. The van der Waals surface area contributed by atoms with E-state index in [1.54, 1.807) is 18.0 Å². The van der Waals surface area contributed by atoms with E-state index in [0.29, 0.717) is 0 Å². The van der Waals surface area contributed by atoms with Gasteiger partial charge in [0.15, 0.2) is 5.82 Å². The number of allylic oxidation sites excluding steroid dienone is 2. The average Bonchev–Trinajstić information content (AvgIpc) is 2.90. The highest BCUT2D eigenvalue weighted by molar-refractivity contribution is 6.30. The Morgan fingerprint density at radius 3 is 2.21 bits per heavy atom. The Morgan fingerprint density at radius 2 is 1.55 bits per heavy atom. The summed E-state index contributed by atoms with van der Waals surface area (Å²) in [4.78, 5) is 9.24. The second-order valence-corrected chi connectivity index (χ2v) is 10.5. The summed E-state index contributed by atoms with van der Waals surface area (Å²) in [6.45, 7) is 4.34. The zero-order valence-corrected chi connectivity index (χ0v) is 22.9. The molecule has 0 radical (unpaired) electrons. The quantitative estimate of drug-likeness (QED) is 0.218.